The molecule has 0 spiro atoms. The molecular formula is C11H18N2O5. The van der Waals surface area contributed by atoms with Crippen molar-refractivity contribution in [1.29, 1.82) is 0 Å². The molecule has 102 valence electrons. The Balaban J connectivity index is 2.04. The quantitative estimate of drug-likeness (QED) is 0.652. The highest BCUT2D eigenvalue weighted by Gasteiger charge is 2.40. The van der Waals surface area contributed by atoms with E-state index in [1.807, 2.05) is 0 Å². The first-order valence-electron chi connectivity index (χ1n) is 6.13. The molecule has 7 nitrogen and oxygen atoms in total. The van der Waals surface area contributed by atoms with Crippen molar-refractivity contribution in [2.75, 3.05) is 32.8 Å². The third-order valence-electron chi connectivity index (χ3n) is 3.30. The van der Waals surface area contributed by atoms with E-state index in [0.29, 0.717) is 26.3 Å². The lowest BCUT2D eigenvalue weighted by Crippen LogP contribution is -2.48. The molecule has 2 aliphatic rings. The average molecular weight is 258 g/mol. The number of likely N-dealkylation sites (tertiary alicyclic amines) is 1. The Morgan fingerprint density at radius 2 is 2.00 bits per heavy atom. The normalized spacial score (nSPS) is 29.2. The second-order valence-corrected chi connectivity index (χ2v) is 4.63. The summed E-state index contributed by atoms with van der Waals surface area (Å²) < 4.78 is 5.25. The minimum absolute atomic E-state index is 0.0904. The summed E-state index contributed by atoms with van der Waals surface area (Å²) in [6.07, 6.45) is 0.101. The van der Waals surface area contributed by atoms with E-state index in [9.17, 15) is 14.7 Å². The van der Waals surface area contributed by atoms with Crippen molar-refractivity contribution >= 4 is 12.0 Å². The van der Waals surface area contributed by atoms with Gasteiger partial charge < -0.3 is 24.7 Å². The fourth-order valence-electron chi connectivity index (χ4n) is 2.38. The number of β-amino-alcohol motifs (C(OH)–C–C–N with tert-alkyl or cyclic N) is 1. The van der Waals surface area contributed by atoms with Gasteiger partial charge in [-0.25, -0.2) is 9.59 Å². The minimum atomic E-state index is -1.06. The van der Waals surface area contributed by atoms with Gasteiger partial charge in [-0.05, 0) is 6.42 Å². The van der Waals surface area contributed by atoms with Crippen molar-refractivity contribution < 1.29 is 24.5 Å². The maximum absolute atomic E-state index is 12.2. The Morgan fingerprint density at radius 3 is 2.72 bits per heavy atom. The third-order valence-corrected chi connectivity index (χ3v) is 3.30. The van der Waals surface area contributed by atoms with Crippen molar-refractivity contribution in [1.82, 2.24) is 9.80 Å². The number of hydrogen-bond donors (Lipinski definition) is 2. The summed E-state index contributed by atoms with van der Waals surface area (Å²) in [5.74, 6) is -1.06. The van der Waals surface area contributed by atoms with Crippen LogP contribution in [0, 0.1) is 0 Å². The van der Waals surface area contributed by atoms with Gasteiger partial charge in [0, 0.05) is 32.7 Å². The smallest absolute Gasteiger partial charge is 0.326 e. The van der Waals surface area contributed by atoms with Crippen LogP contribution < -0.4 is 0 Å². The average Bonchev–Trinajstić information content (AvgIpc) is 2.56. The maximum atomic E-state index is 12.2. The topological polar surface area (TPSA) is 90.3 Å². The van der Waals surface area contributed by atoms with Gasteiger partial charge in [0.05, 0.1) is 12.7 Å². The number of aliphatic hydroxyl groups excluding tert-OH is 1. The molecular weight excluding hydrogens is 240 g/mol. The number of carbonyl (C=O) groups is 2. The molecule has 2 fully saturated rings. The van der Waals surface area contributed by atoms with Crippen molar-refractivity contribution in [2.24, 2.45) is 0 Å². The van der Waals surface area contributed by atoms with Gasteiger partial charge in [0.25, 0.3) is 0 Å². The van der Waals surface area contributed by atoms with E-state index in [1.165, 1.54) is 4.90 Å². The molecule has 18 heavy (non-hydrogen) atoms. The third kappa shape index (κ3) is 2.73. The molecule has 2 aliphatic heterocycles. The number of hydrogen-bond acceptors (Lipinski definition) is 4. The second-order valence-electron chi connectivity index (χ2n) is 4.63. The van der Waals surface area contributed by atoms with Crippen LogP contribution in [0.15, 0.2) is 0 Å². The van der Waals surface area contributed by atoms with Gasteiger partial charge in [0.1, 0.15) is 6.04 Å². The van der Waals surface area contributed by atoms with E-state index in [4.69, 9.17) is 9.84 Å². The zero-order valence-corrected chi connectivity index (χ0v) is 10.1. The van der Waals surface area contributed by atoms with Gasteiger partial charge in [-0.2, -0.15) is 0 Å². The van der Waals surface area contributed by atoms with Gasteiger partial charge in [0.15, 0.2) is 0 Å². The highest BCUT2D eigenvalue weighted by atomic mass is 16.5. The number of nitrogens with zero attached hydrogens (tertiary/aromatic N) is 2. The van der Waals surface area contributed by atoms with E-state index in [2.05, 4.69) is 0 Å². The molecule has 0 bridgehead atoms. The van der Waals surface area contributed by atoms with E-state index in [-0.39, 0.29) is 19.0 Å². The number of carbonyl (C=O) groups excluding carboxylic acids is 1. The number of aliphatic carboxylic acids is 1. The second kappa shape index (κ2) is 5.53. The lowest BCUT2D eigenvalue weighted by molar-refractivity contribution is -0.141. The summed E-state index contributed by atoms with van der Waals surface area (Å²) >= 11 is 0. The Hall–Kier alpha value is -1.34. The molecule has 2 N–H and O–H groups in total. The SMILES string of the molecule is O=C(O)[C@@H]1C[C@@H](O)CN1C(=O)N1CCCOCC1. The summed E-state index contributed by atoms with van der Waals surface area (Å²) in [5, 5.41) is 18.6. The van der Waals surface area contributed by atoms with Crippen LogP contribution in [0.4, 0.5) is 4.79 Å². The number of carboxylic acid groups (broad SMARTS) is 1. The molecule has 2 amide bonds. The van der Waals surface area contributed by atoms with Gasteiger partial charge in [0.2, 0.25) is 0 Å². The number of rotatable bonds is 1. The number of amides is 2. The zero-order chi connectivity index (χ0) is 13.1. The summed E-state index contributed by atoms with van der Waals surface area (Å²) in [6.45, 7) is 2.22. The van der Waals surface area contributed by atoms with E-state index in [1.54, 1.807) is 4.90 Å². The maximum Gasteiger partial charge on any atom is 0.326 e. The van der Waals surface area contributed by atoms with Crippen LogP contribution in [-0.2, 0) is 9.53 Å². The van der Waals surface area contributed by atoms with Crippen LogP contribution in [-0.4, -0.2) is 77.0 Å². The molecule has 0 radical (unpaired) electrons. The molecule has 0 saturated carbocycles. The Kier molecular flexibility index (Phi) is 4.03. The van der Waals surface area contributed by atoms with Crippen LogP contribution >= 0.6 is 0 Å². The molecule has 0 aliphatic carbocycles. The monoisotopic (exact) mass is 258 g/mol. The first kappa shape index (κ1) is 13.1. The van der Waals surface area contributed by atoms with Crippen LogP contribution in [0.25, 0.3) is 0 Å². The number of aliphatic hydroxyl groups is 1. The summed E-state index contributed by atoms with van der Waals surface area (Å²) in [5.41, 5.74) is 0. The molecule has 2 saturated heterocycles. The fourth-order valence-corrected chi connectivity index (χ4v) is 2.38. The molecule has 2 rings (SSSR count). The lowest BCUT2D eigenvalue weighted by Gasteiger charge is -2.28. The first-order valence-corrected chi connectivity index (χ1v) is 6.13. The molecule has 0 aromatic carbocycles. The number of urea groups is 1. The van der Waals surface area contributed by atoms with Crippen LogP contribution in [0.1, 0.15) is 12.8 Å². The Labute approximate surface area is 105 Å². The number of carboxylic acids is 1. The van der Waals surface area contributed by atoms with Crippen molar-refractivity contribution in [3.05, 3.63) is 0 Å². The van der Waals surface area contributed by atoms with Gasteiger partial charge in [-0.15, -0.1) is 0 Å². The molecule has 0 aromatic rings. The van der Waals surface area contributed by atoms with Gasteiger partial charge >= 0.3 is 12.0 Å². The van der Waals surface area contributed by atoms with Crippen LogP contribution in [0.5, 0.6) is 0 Å². The summed E-state index contributed by atoms with van der Waals surface area (Å²) in [7, 11) is 0. The van der Waals surface area contributed by atoms with Gasteiger partial charge in [-0.3, -0.25) is 0 Å². The van der Waals surface area contributed by atoms with E-state index in [0.717, 1.165) is 6.42 Å². The molecule has 2 atom stereocenters. The lowest BCUT2D eigenvalue weighted by atomic mass is 10.2. The van der Waals surface area contributed by atoms with Crippen LogP contribution in [0.2, 0.25) is 0 Å². The van der Waals surface area contributed by atoms with E-state index >= 15 is 0 Å². The highest BCUT2D eigenvalue weighted by Crippen LogP contribution is 2.20. The summed E-state index contributed by atoms with van der Waals surface area (Å²) in [6, 6.07) is -1.24. The Morgan fingerprint density at radius 1 is 1.22 bits per heavy atom. The van der Waals surface area contributed by atoms with E-state index < -0.39 is 18.1 Å². The van der Waals surface area contributed by atoms with Crippen LogP contribution in [0.3, 0.4) is 0 Å². The van der Waals surface area contributed by atoms with Gasteiger partial charge in [-0.1, -0.05) is 0 Å². The van der Waals surface area contributed by atoms with Crippen molar-refractivity contribution in [3.8, 4) is 0 Å². The molecule has 2 heterocycles. The van der Waals surface area contributed by atoms with Crippen molar-refractivity contribution in [2.45, 2.75) is 25.0 Å². The highest BCUT2D eigenvalue weighted by molar-refractivity contribution is 5.83. The largest absolute Gasteiger partial charge is 0.480 e. The standard InChI is InChI=1S/C11H18N2O5/c14-8-6-9(10(15)16)13(7-8)11(17)12-2-1-4-18-5-3-12/h8-9,14H,1-7H2,(H,15,16)/t8-,9+/m1/s1. The number of ether oxygens (including phenoxy) is 1. The Bertz CT molecular complexity index is 327. The predicted molar refractivity (Wildman–Crippen MR) is 61.2 cm³/mol. The fraction of sp³-hybridized carbons (Fsp3) is 0.818. The minimum Gasteiger partial charge on any atom is -0.480 e. The molecule has 7 heteroatoms. The zero-order valence-electron chi connectivity index (χ0n) is 10.1. The first-order chi connectivity index (χ1) is 8.59. The molecule has 0 unspecified atom stereocenters. The predicted octanol–water partition coefficient (Wildman–Crippen LogP) is -0.651. The van der Waals surface area contributed by atoms with Crippen molar-refractivity contribution in [3.63, 3.8) is 0 Å². The summed E-state index contributed by atoms with van der Waals surface area (Å²) in [4.78, 5) is 26.1. The molecule has 0 aromatic heterocycles.